The van der Waals surface area contributed by atoms with Crippen molar-refractivity contribution in [1.29, 1.82) is 0 Å². The molecular weight excluding hydrogens is 200 g/mol. The van der Waals surface area contributed by atoms with Crippen molar-refractivity contribution in [2.75, 3.05) is 6.61 Å². The molecule has 1 atom stereocenters. The first-order chi connectivity index (χ1) is 6.74. The first-order valence-electron chi connectivity index (χ1n) is 4.60. The third-order valence-electron chi connectivity index (χ3n) is 1.89. The summed E-state index contributed by atoms with van der Waals surface area (Å²) in [5.74, 6) is -0.876. The lowest BCUT2D eigenvalue weighted by Crippen LogP contribution is -2.23. The van der Waals surface area contributed by atoms with Gasteiger partial charge in [0.1, 0.15) is 0 Å². The molecule has 0 aliphatic rings. The third-order valence-corrected chi connectivity index (χ3v) is 2.83. The zero-order valence-corrected chi connectivity index (χ0v) is 8.92. The van der Waals surface area contributed by atoms with Crippen LogP contribution in [0.15, 0.2) is 17.5 Å². The van der Waals surface area contributed by atoms with Gasteiger partial charge >= 0.3 is 5.97 Å². The van der Waals surface area contributed by atoms with Gasteiger partial charge in [-0.15, -0.1) is 11.3 Å². The Morgan fingerprint density at radius 1 is 1.71 bits per heavy atom. The van der Waals surface area contributed by atoms with Crippen molar-refractivity contribution in [2.24, 2.45) is 0 Å². The smallest absolute Gasteiger partial charge is 0.332 e. The summed E-state index contributed by atoms with van der Waals surface area (Å²) < 4.78 is 5.23. The predicted molar refractivity (Wildman–Crippen MR) is 55.7 cm³/mol. The van der Waals surface area contributed by atoms with Crippen LogP contribution in [0.2, 0.25) is 0 Å². The molecule has 1 heterocycles. The fourth-order valence-corrected chi connectivity index (χ4v) is 1.81. The summed E-state index contributed by atoms with van der Waals surface area (Å²) in [4.78, 5) is 11.8. The van der Waals surface area contributed by atoms with Crippen molar-refractivity contribution in [3.05, 3.63) is 22.4 Å². The first kappa shape index (κ1) is 11.2. The Balaban J connectivity index is 2.23. The highest BCUT2D eigenvalue weighted by atomic mass is 32.1. The van der Waals surface area contributed by atoms with Gasteiger partial charge in [-0.2, -0.15) is 0 Å². The molecule has 1 aromatic heterocycles. The topological polar surface area (TPSA) is 46.5 Å². The molecule has 0 radical (unpaired) electrons. The van der Waals surface area contributed by atoms with Crippen LogP contribution < -0.4 is 0 Å². The van der Waals surface area contributed by atoms with Crippen LogP contribution in [-0.4, -0.2) is 23.8 Å². The molecule has 1 unspecified atom stereocenters. The van der Waals surface area contributed by atoms with Gasteiger partial charge in [-0.1, -0.05) is 13.0 Å². The van der Waals surface area contributed by atoms with Crippen LogP contribution in [0.3, 0.4) is 0 Å². The van der Waals surface area contributed by atoms with Crippen molar-refractivity contribution >= 4 is 17.3 Å². The molecule has 0 bridgehead atoms. The normalized spacial score (nSPS) is 12.6. The van der Waals surface area contributed by atoms with E-state index in [0.29, 0.717) is 13.0 Å². The number of hydrogen-bond acceptors (Lipinski definition) is 3. The maximum atomic E-state index is 10.6. The minimum Gasteiger partial charge on any atom is -0.479 e. The summed E-state index contributed by atoms with van der Waals surface area (Å²) in [6.45, 7) is 2.29. The van der Waals surface area contributed by atoms with Gasteiger partial charge in [-0.25, -0.2) is 4.79 Å². The van der Waals surface area contributed by atoms with Crippen molar-refractivity contribution in [1.82, 2.24) is 0 Å². The van der Waals surface area contributed by atoms with E-state index in [0.717, 1.165) is 6.42 Å². The van der Waals surface area contributed by atoms with E-state index in [2.05, 4.69) is 0 Å². The van der Waals surface area contributed by atoms with Gasteiger partial charge in [0, 0.05) is 11.3 Å². The van der Waals surface area contributed by atoms with Crippen LogP contribution >= 0.6 is 11.3 Å². The van der Waals surface area contributed by atoms with E-state index in [1.54, 1.807) is 11.3 Å². The van der Waals surface area contributed by atoms with Crippen LogP contribution in [0.4, 0.5) is 0 Å². The van der Waals surface area contributed by atoms with E-state index in [4.69, 9.17) is 9.84 Å². The zero-order chi connectivity index (χ0) is 10.4. The van der Waals surface area contributed by atoms with Crippen molar-refractivity contribution in [3.63, 3.8) is 0 Å². The molecule has 1 rings (SSSR count). The third kappa shape index (κ3) is 3.47. The van der Waals surface area contributed by atoms with Crippen LogP contribution in [0.25, 0.3) is 0 Å². The van der Waals surface area contributed by atoms with E-state index < -0.39 is 12.1 Å². The molecule has 3 nitrogen and oxygen atoms in total. The number of ether oxygens (including phenoxy) is 1. The van der Waals surface area contributed by atoms with E-state index in [1.165, 1.54) is 4.88 Å². The molecule has 4 heteroatoms. The number of rotatable bonds is 6. The standard InChI is InChI=1S/C10H14O3S/c1-2-9(10(11)12)13-6-5-8-4-3-7-14-8/h3-4,7,9H,2,5-6H2,1H3,(H,11,12). The number of hydrogen-bond donors (Lipinski definition) is 1. The molecule has 0 saturated heterocycles. The van der Waals surface area contributed by atoms with Gasteiger partial charge in [0.15, 0.2) is 6.10 Å². The summed E-state index contributed by atoms with van der Waals surface area (Å²) in [5.41, 5.74) is 0. The average molecular weight is 214 g/mol. The lowest BCUT2D eigenvalue weighted by Gasteiger charge is -2.10. The molecule has 0 saturated carbocycles. The van der Waals surface area contributed by atoms with E-state index in [-0.39, 0.29) is 0 Å². The highest BCUT2D eigenvalue weighted by Gasteiger charge is 2.14. The Kier molecular flexibility index (Phi) is 4.62. The summed E-state index contributed by atoms with van der Waals surface area (Å²) in [7, 11) is 0. The molecule has 0 amide bonds. The van der Waals surface area contributed by atoms with Crippen LogP contribution in [0.1, 0.15) is 18.2 Å². The van der Waals surface area contributed by atoms with Crippen molar-refractivity contribution in [3.8, 4) is 0 Å². The zero-order valence-electron chi connectivity index (χ0n) is 8.10. The fourth-order valence-electron chi connectivity index (χ4n) is 1.12. The minimum absolute atomic E-state index is 0.478. The molecular formula is C10H14O3S. The van der Waals surface area contributed by atoms with E-state index in [1.807, 2.05) is 24.4 Å². The maximum Gasteiger partial charge on any atom is 0.332 e. The summed E-state index contributed by atoms with van der Waals surface area (Å²) in [5, 5.41) is 10.7. The number of carbonyl (C=O) groups is 1. The molecule has 0 spiro atoms. The van der Waals surface area contributed by atoms with Gasteiger partial charge in [0.2, 0.25) is 0 Å². The largest absolute Gasteiger partial charge is 0.479 e. The molecule has 78 valence electrons. The molecule has 0 aromatic carbocycles. The second kappa shape index (κ2) is 5.78. The fraction of sp³-hybridized carbons (Fsp3) is 0.500. The van der Waals surface area contributed by atoms with Crippen molar-refractivity contribution in [2.45, 2.75) is 25.9 Å². The molecule has 1 aromatic rings. The minimum atomic E-state index is -0.876. The number of carboxylic acids is 1. The number of thiophene rings is 1. The van der Waals surface area contributed by atoms with Gasteiger partial charge in [0.05, 0.1) is 6.61 Å². The van der Waals surface area contributed by atoms with Crippen LogP contribution in [0.5, 0.6) is 0 Å². The van der Waals surface area contributed by atoms with Gasteiger partial charge in [0.25, 0.3) is 0 Å². The van der Waals surface area contributed by atoms with Gasteiger partial charge in [-0.05, 0) is 17.9 Å². The summed E-state index contributed by atoms with van der Waals surface area (Å²) in [6, 6.07) is 4.00. The molecule has 1 N–H and O–H groups in total. The number of aliphatic carboxylic acids is 1. The van der Waals surface area contributed by atoms with Gasteiger partial charge < -0.3 is 9.84 Å². The average Bonchev–Trinajstić information content (AvgIpc) is 2.64. The second-order valence-corrected chi connectivity index (χ2v) is 3.97. The van der Waals surface area contributed by atoms with Crippen LogP contribution in [-0.2, 0) is 16.0 Å². The number of carboxylic acid groups (broad SMARTS) is 1. The quantitative estimate of drug-likeness (QED) is 0.789. The highest BCUT2D eigenvalue weighted by molar-refractivity contribution is 7.09. The first-order valence-corrected chi connectivity index (χ1v) is 5.48. The van der Waals surface area contributed by atoms with Crippen LogP contribution in [0, 0.1) is 0 Å². The second-order valence-electron chi connectivity index (χ2n) is 2.94. The lowest BCUT2D eigenvalue weighted by molar-refractivity contribution is -0.150. The summed E-state index contributed by atoms with van der Waals surface area (Å²) >= 11 is 1.66. The molecule has 0 aliphatic heterocycles. The maximum absolute atomic E-state index is 10.6. The highest BCUT2D eigenvalue weighted by Crippen LogP contribution is 2.09. The summed E-state index contributed by atoms with van der Waals surface area (Å²) in [6.07, 6.45) is 0.649. The molecule has 0 aliphatic carbocycles. The van der Waals surface area contributed by atoms with Gasteiger partial charge in [-0.3, -0.25) is 0 Å². The predicted octanol–water partition coefficient (Wildman–Crippen LogP) is 2.17. The SMILES string of the molecule is CCC(OCCc1cccs1)C(=O)O. The Labute approximate surface area is 87.3 Å². The van der Waals surface area contributed by atoms with E-state index >= 15 is 0 Å². The Morgan fingerprint density at radius 3 is 3.00 bits per heavy atom. The molecule has 0 fully saturated rings. The Hall–Kier alpha value is -0.870. The lowest BCUT2D eigenvalue weighted by atomic mass is 10.3. The van der Waals surface area contributed by atoms with E-state index in [9.17, 15) is 4.79 Å². The monoisotopic (exact) mass is 214 g/mol. The molecule has 14 heavy (non-hydrogen) atoms. The van der Waals surface area contributed by atoms with Crippen molar-refractivity contribution < 1.29 is 14.6 Å². The Morgan fingerprint density at radius 2 is 2.50 bits per heavy atom. The Bertz CT molecular complexity index is 269.